The van der Waals surface area contributed by atoms with Crippen LogP contribution in [0.15, 0.2) is 36.5 Å². The standard InChI is InChI=1S/C16H21FN4/c1-3-12(2)20-15-9-11-19-16(21-15)18-10-8-13-4-6-14(17)7-5-13/h4-7,9,11-12H,3,8,10H2,1-2H3,(H2,18,19,20,21). The molecule has 5 heteroatoms. The van der Waals surface area contributed by atoms with Gasteiger partial charge in [-0.2, -0.15) is 4.98 Å². The molecule has 1 aromatic heterocycles. The van der Waals surface area contributed by atoms with Crippen LogP contribution in [0.4, 0.5) is 16.2 Å². The van der Waals surface area contributed by atoms with Gasteiger partial charge >= 0.3 is 0 Å². The summed E-state index contributed by atoms with van der Waals surface area (Å²) in [6.07, 6.45) is 3.57. The lowest BCUT2D eigenvalue weighted by Gasteiger charge is -2.12. The summed E-state index contributed by atoms with van der Waals surface area (Å²) < 4.78 is 12.8. The molecule has 4 nitrogen and oxygen atoms in total. The fourth-order valence-electron chi connectivity index (χ4n) is 1.85. The smallest absolute Gasteiger partial charge is 0.224 e. The normalized spacial score (nSPS) is 12.0. The van der Waals surface area contributed by atoms with Crippen molar-refractivity contribution in [3.05, 3.63) is 47.9 Å². The van der Waals surface area contributed by atoms with Crippen LogP contribution in [0.5, 0.6) is 0 Å². The highest BCUT2D eigenvalue weighted by Gasteiger charge is 2.02. The third-order valence-corrected chi connectivity index (χ3v) is 3.27. The van der Waals surface area contributed by atoms with Crippen LogP contribution in [-0.4, -0.2) is 22.6 Å². The van der Waals surface area contributed by atoms with Crippen molar-refractivity contribution in [3.63, 3.8) is 0 Å². The first-order chi connectivity index (χ1) is 10.2. The van der Waals surface area contributed by atoms with Gasteiger partial charge in [-0.1, -0.05) is 19.1 Å². The van der Waals surface area contributed by atoms with Crippen molar-refractivity contribution in [2.75, 3.05) is 17.2 Å². The maximum atomic E-state index is 12.8. The van der Waals surface area contributed by atoms with Crippen molar-refractivity contribution in [2.24, 2.45) is 0 Å². The quantitative estimate of drug-likeness (QED) is 0.819. The molecule has 0 aliphatic carbocycles. The average Bonchev–Trinajstić information content (AvgIpc) is 2.49. The van der Waals surface area contributed by atoms with Crippen molar-refractivity contribution in [2.45, 2.75) is 32.7 Å². The van der Waals surface area contributed by atoms with Gasteiger partial charge < -0.3 is 10.6 Å². The first kappa shape index (κ1) is 15.2. The lowest BCUT2D eigenvalue weighted by Crippen LogP contribution is -2.15. The van der Waals surface area contributed by atoms with Crippen LogP contribution in [0, 0.1) is 5.82 Å². The fraction of sp³-hybridized carbons (Fsp3) is 0.375. The molecule has 0 aliphatic rings. The number of rotatable bonds is 7. The van der Waals surface area contributed by atoms with E-state index in [0.29, 0.717) is 18.5 Å². The highest BCUT2D eigenvalue weighted by atomic mass is 19.1. The van der Waals surface area contributed by atoms with Crippen LogP contribution < -0.4 is 10.6 Å². The highest BCUT2D eigenvalue weighted by molar-refractivity contribution is 5.40. The molecule has 1 atom stereocenters. The van der Waals surface area contributed by atoms with Crippen LogP contribution >= 0.6 is 0 Å². The maximum Gasteiger partial charge on any atom is 0.224 e. The third-order valence-electron chi connectivity index (χ3n) is 3.27. The number of aromatic nitrogens is 2. The zero-order valence-electron chi connectivity index (χ0n) is 12.4. The molecular weight excluding hydrogens is 267 g/mol. The molecule has 1 unspecified atom stereocenters. The zero-order valence-corrected chi connectivity index (χ0v) is 12.4. The molecule has 0 bridgehead atoms. The van der Waals surface area contributed by atoms with Gasteiger partial charge in [0.25, 0.3) is 0 Å². The summed E-state index contributed by atoms with van der Waals surface area (Å²) in [6.45, 7) is 4.95. The summed E-state index contributed by atoms with van der Waals surface area (Å²) in [7, 11) is 0. The van der Waals surface area contributed by atoms with E-state index in [0.717, 1.165) is 24.2 Å². The Kier molecular flexibility index (Phi) is 5.49. The molecule has 2 rings (SSSR count). The number of anilines is 2. The summed E-state index contributed by atoms with van der Waals surface area (Å²) in [5.41, 5.74) is 1.08. The molecule has 0 saturated heterocycles. The number of halogens is 1. The van der Waals surface area contributed by atoms with E-state index < -0.39 is 0 Å². The Balaban J connectivity index is 1.85. The zero-order chi connectivity index (χ0) is 15.1. The molecule has 0 fully saturated rings. The molecule has 0 radical (unpaired) electrons. The first-order valence-corrected chi connectivity index (χ1v) is 7.25. The van der Waals surface area contributed by atoms with Gasteiger partial charge in [0.2, 0.25) is 5.95 Å². The second-order valence-electron chi connectivity index (χ2n) is 5.02. The summed E-state index contributed by atoms with van der Waals surface area (Å²) in [6, 6.07) is 8.77. The lowest BCUT2D eigenvalue weighted by molar-refractivity contribution is 0.627. The minimum atomic E-state index is -0.209. The van der Waals surface area contributed by atoms with Crippen molar-refractivity contribution in [1.82, 2.24) is 9.97 Å². The third kappa shape index (κ3) is 5.02. The van der Waals surface area contributed by atoms with E-state index in [1.807, 2.05) is 6.07 Å². The molecular formula is C16H21FN4. The molecule has 21 heavy (non-hydrogen) atoms. The SMILES string of the molecule is CCC(C)Nc1ccnc(NCCc2ccc(F)cc2)n1. The van der Waals surface area contributed by atoms with E-state index in [4.69, 9.17) is 0 Å². The molecule has 0 spiro atoms. The summed E-state index contributed by atoms with van der Waals surface area (Å²) in [4.78, 5) is 8.61. The van der Waals surface area contributed by atoms with Crippen molar-refractivity contribution < 1.29 is 4.39 Å². The van der Waals surface area contributed by atoms with E-state index in [2.05, 4.69) is 34.4 Å². The molecule has 112 valence electrons. The molecule has 2 aromatic rings. The number of nitrogens with zero attached hydrogens (tertiary/aromatic N) is 2. The minimum absolute atomic E-state index is 0.209. The molecule has 1 aromatic carbocycles. The van der Waals surface area contributed by atoms with Crippen molar-refractivity contribution in [3.8, 4) is 0 Å². The Morgan fingerprint density at radius 3 is 2.67 bits per heavy atom. The molecule has 0 aliphatic heterocycles. The number of nitrogens with one attached hydrogen (secondary N) is 2. The maximum absolute atomic E-state index is 12.8. The minimum Gasteiger partial charge on any atom is -0.367 e. The second kappa shape index (κ2) is 7.57. The Morgan fingerprint density at radius 2 is 1.95 bits per heavy atom. The molecule has 0 saturated carbocycles. The van der Waals surface area contributed by atoms with E-state index >= 15 is 0 Å². The van der Waals surface area contributed by atoms with Crippen molar-refractivity contribution in [1.29, 1.82) is 0 Å². The lowest BCUT2D eigenvalue weighted by atomic mass is 10.1. The Labute approximate surface area is 124 Å². The van der Waals surface area contributed by atoms with Crippen LogP contribution in [0.1, 0.15) is 25.8 Å². The van der Waals surface area contributed by atoms with E-state index in [-0.39, 0.29) is 5.82 Å². The van der Waals surface area contributed by atoms with Gasteiger partial charge in [-0.15, -0.1) is 0 Å². The largest absolute Gasteiger partial charge is 0.367 e. The molecule has 0 amide bonds. The van der Waals surface area contributed by atoms with Gasteiger partial charge in [-0.3, -0.25) is 0 Å². The van der Waals surface area contributed by atoms with Crippen LogP contribution in [0.3, 0.4) is 0 Å². The summed E-state index contributed by atoms with van der Waals surface area (Å²) >= 11 is 0. The van der Waals surface area contributed by atoms with Gasteiger partial charge in [0.1, 0.15) is 11.6 Å². The predicted octanol–water partition coefficient (Wildman–Crippen LogP) is 3.48. The van der Waals surface area contributed by atoms with Gasteiger partial charge in [0.15, 0.2) is 0 Å². The van der Waals surface area contributed by atoms with Gasteiger partial charge in [-0.05, 0) is 43.5 Å². The first-order valence-electron chi connectivity index (χ1n) is 7.25. The highest BCUT2D eigenvalue weighted by Crippen LogP contribution is 2.09. The summed E-state index contributed by atoms with van der Waals surface area (Å²) in [5.74, 6) is 1.22. The van der Waals surface area contributed by atoms with Crippen LogP contribution in [0.2, 0.25) is 0 Å². The van der Waals surface area contributed by atoms with E-state index in [9.17, 15) is 4.39 Å². The van der Waals surface area contributed by atoms with Crippen molar-refractivity contribution >= 4 is 11.8 Å². The molecule has 2 N–H and O–H groups in total. The Bertz CT molecular complexity index is 556. The average molecular weight is 288 g/mol. The van der Waals surface area contributed by atoms with E-state index in [1.54, 1.807) is 18.3 Å². The van der Waals surface area contributed by atoms with Gasteiger partial charge in [0.05, 0.1) is 0 Å². The molecule has 1 heterocycles. The van der Waals surface area contributed by atoms with Crippen LogP contribution in [0.25, 0.3) is 0 Å². The second-order valence-corrected chi connectivity index (χ2v) is 5.02. The van der Waals surface area contributed by atoms with Gasteiger partial charge in [-0.25, -0.2) is 9.37 Å². The van der Waals surface area contributed by atoms with Crippen LogP contribution in [-0.2, 0) is 6.42 Å². The number of hydrogen-bond donors (Lipinski definition) is 2. The fourth-order valence-corrected chi connectivity index (χ4v) is 1.85. The topological polar surface area (TPSA) is 49.8 Å². The number of benzene rings is 1. The number of hydrogen-bond acceptors (Lipinski definition) is 4. The Hall–Kier alpha value is -2.17. The monoisotopic (exact) mass is 288 g/mol. The Morgan fingerprint density at radius 1 is 1.19 bits per heavy atom. The predicted molar refractivity (Wildman–Crippen MR) is 84.0 cm³/mol. The van der Waals surface area contributed by atoms with Gasteiger partial charge in [0, 0.05) is 18.8 Å². The summed E-state index contributed by atoms with van der Waals surface area (Å²) in [5, 5.41) is 6.50. The van der Waals surface area contributed by atoms with E-state index in [1.165, 1.54) is 12.1 Å².